The standard InChI is InChI=1S/C20H16N4O/c25-20(23-16-9-6-12-21-13-16)19(15-7-2-1-3-8-15)24-14-22-17-10-4-5-11-18(17)24/h1-14,19H,(H,23,25). The van der Waals surface area contributed by atoms with Crippen LogP contribution in [0.15, 0.2) is 85.5 Å². The number of para-hydroxylation sites is 2. The largest absolute Gasteiger partial charge is 0.323 e. The molecule has 0 spiro atoms. The first-order valence-corrected chi connectivity index (χ1v) is 8.00. The van der Waals surface area contributed by atoms with E-state index in [0.29, 0.717) is 5.69 Å². The highest BCUT2D eigenvalue weighted by atomic mass is 16.2. The third-order valence-corrected chi connectivity index (χ3v) is 4.05. The lowest BCUT2D eigenvalue weighted by molar-refractivity contribution is -0.118. The fraction of sp³-hybridized carbons (Fsp3) is 0.0500. The molecule has 1 atom stereocenters. The molecule has 0 aliphatic heterocycles. The van der Waals surface area contributed by atoms with Crippen LogP contribution >= 0.6 is 0 Å². The zero-order valence-corrected chi connectivity index (χ0v) is 13.4. The van der Waals surface area contributed by atoms with Crippen molar-refractivity contribution >= 4 is 22.6 Å². The van der Waals surface area contributed by atoms with E-state index in [9.17, 15) is 4.79 Å². The van der Waals surface area contributed by atoms with Crippen molar-refractivity contribution in [1.82, 2.24) is 14.5 Å². The fourth-order valence-electron chi connectivity index (χ4n) is 2.90. The van der Waals surface area contributed by atoms with Crippen molar-refractivity contribution in [1.29, 1.82) is 0 Å². The van der Waals surface area contributed by atoms with E-state index in [-0.39, 0.29) is 5.91 Å². The van der Waals surface area contributed by atoms with Gasteiger partial charge in [-0.1, -0.05) is 42.5 Å². The number of benzene rings is 2. The van der Waals surface area contributed by atoms with Gasteiger partial charge in [0.15, 0.2) is 0 Å². The van der Waals surface area contributed by atoms with Gasteiger partial charge >= 0.3 is 0 Å². The second-order valence-electron chi connectivity index (χ2n) is 5.68. The Kier molecular flexibility index (Phi) is 3.96. The van der Waals surface area contributed by atoms with E-state index in [0.717, 1.165) is 16.6 Å². The molecule has 0 fully saturated rings. The van der Waals surface area contributed by atoms with E-state index in [1.54, 1.807) is 24.8 Å². The third-order valence-electron chi connectivity index (χ3n) is 4.05. The summed E-state index contributed by atoms with van der Waals surface area (Å²) in [6, 6.07) is 20.6. The molecule has 5 nitrogen and oxygen atoms in total. The van der Waals surface area contributed by atoms with Gasteiger partial charge in [0, 0.05) is 6.20 Å². The minimum absolute atomic E-state index is 0.137. The molecule has 2 aromatic carbocycles. The predicted molar refractivity (Wildman–Crippen MR) is 97.2 cm³/mol. The molecule has 0 saturated heterocycles. The Morgan fingerprint density at radius 1 is 0.960 bits per heavy atom. The molecule has 1 N–H and O–H groups in total. The average molecular weight is 328 g/mol. The minimum Gasteiger partial charge on any atom is -0.323 e. The highest BCUT2D eigenvalue weighted by Crippen LogP contribution is 2.25. The lowest BCUT2D eigenvalue weighted by Gasteiger charge is -2.19. The van der Waals surface area contributed by atoms with Crippen molar-refractivity contribution in [2.75, 3.05) is 5.32 Å². The Bertz CT molecular complexity index is 996. The second-order valence-corrected chi connectivity index (χ2v) is 5.68. The molecule has 2 heterocycles. The highest BCUT2D eigenvalue weighted by Gasteiger charge is 2.24. The molecule has 122 valence electrons. The zero-order chi connectivity index (χ0) is 17.1. The Labute approximate surface area is 145 Å². The fourth-order valence-corrected chi connectivity index (χ4v) is 2.90. The van der Waals surface area contributed by atoms with Crippen LogP contribution in [0.1, 0.15) is 11.6 Å². The Morgan fingerprint density at radius 2 is 1.76 bits per heavy atom. The van der Waals surface area contributed by atoms with Crippen LogP contribution in [0.4, 0.5) is 5.69 Å². The van der Waals surface area contributed by atoms with Gasteiger partial charge in [0.05, 0.1) is 29.2 Å². The number of imidazole rings is 1. The van der Waals surface area contributed by atoms with Crippen LogP contribution in [0.5, 0.6) is 0 Å². The van der Waals surface area contributed by atoms with Crippen LogP contribution in [0.3, 0.4) is 0 Å². The van der Waals surface area contributed by atoms with Crippen molar-refractivity contribution in [3.8, 4) is 0 Å². The summed E-state index contributed by atoms with van der Waals surface area (Å²) in [5, 5.41) is 2.94. The summed E-state index contributed by atoms with van der Waals surface area (Å²) in [5.41, 5.74) is 3.33. The number of aromatic nitrogens is 3. The average Bonchev–Trinajstić information content (AvgIpc) is 3.08. The number of carbonyl (C=O) groups excluding carboxylic acids is 1. The summed E-state index contributed by atoms with van der Waals surface area (Å²) < 4.78 is 1.90. The third kappa shape index (κ3) is 2.99. The molecule has 0 aliphatic carbocycles. The quantitative estimate of drug-likeness (QED) is 0.622. The number of anilines is 1. The Hall–Kier alpha value is -3.47. The van der Waals surface area contributed by atoms with Gasteiger partial charge in [0.25, 0.3) is 5.91 Å². The van der Waals surface area contributed by atoms with Gasteiger partial charge in [-0.3, -0.25) is 9.78 Å². The van der Waals surface area contributed by atoms with Gasteiger partial charge in [-0.05, 0) is 29.8 Å². The lowest BCUT2D eigenvalue weighted by atomic mass is 10.1. The summed E-state index contributed by atoms with van der Waals surface area (Å²) in [4.78, 5) is 21.5. The molecule has 2 aromatic heterocycles. The maximum absolute atomic E-state index is 13.1. The number of hydrogen-bond donors (Lipinski definition) is 1. The Balaban J connectivity index is 1.78. The van der Waals surface area contributed by atoms with Gasteiger partial charge in [-0.15, -0.1) is 0 Å². The summed E-state index contributed by atoms with van der Waals surface area (Å²) in [5.74, 6) is -0.137. The van der Waals surface area contributed by atoms with Crippen molar-refractivity contribution < 1.29 is 4.79 Å². The van der Waals surface area contributed by atoms with Crippen LogP contribution in [-0.4, -0.2) is 20.4 Å². The number of amides is 1. The number of fused-ring (bicyclic) bond motifs is 1. The van der Waals surface area contributed by atoms with E-state index in [4.69, 9.17) is 0 Å². The number of nitrogens with one attached hydrogen (secondary N) is 1. The normalized spacial score (nSPS) is 12.0. The van der Waals surface area contributed by atoms with E-state index < -0.39 is 6.04 Å². The number of nitrogens with zero attached hydrogens (tertiary/aromatic N) is 3. The van der Waals surface area contributed by atoms with Crippen LogP contribution in [-0.2, 0) is 4.79 Å². The van der Waals surface area contributed by atoms with E-state index >= 15 is 0 Å². The van der Waals surface area contributed by atoms with Crippen molar-refractivity contribution in [3.05, 3.63) is 91.0 Å². The van der Waals surface area contributed by atoms with E-state index in [1.807, 2.05) is 65.2 Å². The molecule has 0 aliphatic rings. The van der Waals surface area contributed by atoms with Crippen LogP contribution in [0, 0.1) is 0 Å². The molecular weight excluding hydrogens is 312 g/mol. The number of rotatable bonds is 4. The van der Waals surface area contributed by atoms with E-state index in [2.05, 4.69) is 15.3 Å². The van der Waals surface area contributed by atoms with Crippen molar-refractivity contribution in [2.45, 2.75) is 6.04 Å². The molecule has 25 heavy (non-hydrogen) atoms. The summed E-state index contributed by atoms with van der Waals surface area (Å²) in [6.45, 7) is 0. The molecule has 0 saturated carbocycles. The molecular formula is C20H16N4O. The smallest absolute Gasteiger partial charge is 0.252 e. The minimum atomic E-state index is -0.520. The maximum Gasteiger partial charge on any atom is 0.252 e. The first-order valence-electron chi connectivity index (χ1n) is 8.00. The number of hydrogen-bond acceptors (Lipinski definition) is 3. The monoisotopic (exact) mass is 328 g/mol. The van der Waals surface area contributed by atoms with Crippen LogP contribution in [0.25, 0.3) is 11.0 Å². The predicted octanol–water partition coefficient (Wildman–Crippen LogP) is 3.66. The SMILES string of the molecule is O=C(Nc1cccnc1)C(c1ccccc1)n1cnc2ccccc21. The first-order chi connectivity index (χ1) is 12.3. The molecule has 4 aromatic rings. The van der Waals surface area contributed by atoms with Crippen LogP contribution < -0.4 is 5.32 Å². The topological polar surface area (TPSA) is 59.8 Å². The Morgan fingerprint density at radius 3 is 2.56 bits per heavy atom. The molecule has 1 unspecified atom stereocenters. The van der Waals surface area contributed by atoms with Crippen LogP contribution in [0.2, 0.25) is 0 Å². The van der Waals surface area contributed by atoms with Gasteiger partial charge < -0.3 is 9.88 Å². The van der Waals surface area contributed by atoms with Gasteiger partial charge in [0.1, 0.15) is 6.04 Å². The maximum atomic E-state index is 13.1. The first kappa shape index (κ1) is 15.1. The molecule has 5 heteroatoms. The lowest BCUT2D eigenvalue weighted by Crippen LogP contribution is -2.26. The number of carbonyl (C=O) groups is 1. The van der Waals surface area contributed by atoms with Gasteiger partial charge in [-0.2, -0.15) is 0 Å². The van der Waals surface area contributed by atoms with Gasteiger partial charge in [0.2, 0.25) is 0 Å². The molecule has 4 rings (SSSR count). The molecule has 1 amide bonds. The second kappa shape index (κ2) is 6.57. The van der Waals surface area contributed by atoms with Gasteiger partial charge in [-0.25, -0.2) is 4.98 Å². The van der Waals surface area contributed by atoms with E-state index in [1.165, 1.54) is 0 Å². The van der Waals surface area contributed by atoms with Crippen molar-refractivity contribution in [2.24, 2.45) is 0 Å². The molecule has 0 bridgehead atoms. The summed E-state index contributed by atoms with van der Waals surface area (Å²) in [7, 11) is 0. The molecule has 0 radical (unpaired) electrons. The summed E-state index contributed by atoms with van der Waals surface area (Å²) in [6.07, 6.45) is 5.02. The highest BCUT2D eigenvalue weighted by molar-refractivity contribution is 5.96. The summed E-state index contributed by atoms with van der Waals surface area (Å²) >= 11 is 0. The zero-order valence-electron chi connectivity index (χ0n) is 13.4. The number of pyridine rings is 1. The van der Waals surface area contributed by atoms with Crippen molar-refractivity contribution in [3.63, 3.8) is 0 Å².